The molecule has 0 spiro atoms. The van der Waals surface area contributed by atoms with E-state index in [1.807, 2.05) is 13.8 Å². The number of amides is 1. The molecule has 3 N–H and O–H groups in total. The van der Waals surface area contributed by atoms with Gasteiger partial charge in [0.1, 0.15) is 0 Å². The number of carbonyl (C=O) groups excluding carboxylic acids is 2. The topological polar surface area (TPSA) is 81.4 Å². The molecule has 0 aliphatic rings. The van der Waals surface area contributed by atoms with Crippen LogP contribution in [0.25, 0.3) is 0 Å². The van der Waals surface area contributed by atoms with E-state index in [0.29, 0.717) is 17.8 Å². The molecule has 0 heterocycles. The Morgan fingerprint density at radius 2 is 2.10 bits per heavy atom. The van der Waals surface area contributed by atoms with Gasteiger partial charge in [-0.3, -0.25) is 4.79 Å². The van der Waals surface area contributed by atoms with E-state index in [-0.39, 0.29) is 5.91 Å². The number of carbonyl (C=O) groups is 2. The summed E-state index contributed by atoms with van der Waals surface area (Å²) in [4.78, 5) is 23.6. The van der Waals surface area contributed by atoms with E-state index >= 15 is 0 Å². The zero-order chi connectivity index (χ0) is 15.1. The summed E-state index contributed by atoms with van der Waals surface area (Å²) in [6.45, 7) is 6.04. The van der Waals surface area contributed by atoms with Crippen molar-refractivity contribution in [1.29, 1.82) is 0 Å². The number of esters is 1. The number of nitrogens with one attached hydrogen (secondary N) is 1. The smallest absolute Gasteiger partial charge is 0.338 e. The third kappa shape index (κ3) is 4.57. The number of anilines is 1. The molecule has 0 saturated heterocycles. The van der Waals surface area contributed by atoms with Crippen molar-refractivity contribution in [3.63, 3.8) is 0 Å². The quantitative estimate of drug-likeness (QED) is 0.474. The molecule has 1 aromatic carbocycles. The minimum atomic E-state index is -0.818. The van der Waals surface area contributed by atoms with Crippen molar-refractivity contribution in [2.45, 2.75) is 39.7 Å². The number of ether oxygens (including phenoxy) is 1. The first-order valence-electron chi connectivity index (χ1n) is 6.80. The minimum Gasteiger partial charge on any atom is -0.449 e. The van der Waals surface area contributed by atoms with Gasteiger partial charge in [-0.05, 0) is 38.0 Å². The number of hydrogen-bond acceptors (Lipinski definition) is 4. The lowest BCUT2D eigenvalue weighted by molar-refractivity contribution is -0.129. The van der Waals surface area contributed by atoms with Gasteiger partial charge >= 0.3 is 5.97 Å². The number of aryl methyl sites for hydroxylation is 1. The number of nitrogen functional groups attached to an aromatic ring is 1. The molecule has 1 unspecified atom stereocenters. The lowest BCUT2D eigenvalue weighted by Gasteiger charge is -2.13. The summed E-state index contributed by atoms with van der Waals surface area (Å²) in [5.41, 5.74) is 7.51. The second-order valence-electron chi connectivity index (χ2n) is 4.76. The van der Waals surface area contributed by atoms with Crippen LogP contribution in [0.3, 0.4) is 0 Å². The molecule has 0 bridgehead atoms. The normalized spacial score (nSPS) is 11.8. The maximum absolute atomic E-state index is 11.9. The van der Waals surface area contributed by atoms with Crippen LogP contribution in [0, 0.1) is 6.92 Å². The summed E-state index contributed by atoms with van der Waals surface area (Å²) in [5, 5.41) is 2.72. The SMILES string of the molecule is CCCCNC(=O)C(C)OC(=O)c1ccc(C)c(N)c1. The Bertz CT molecular complexity index is 486. The molecule has 0 aliphatic carbocycles. The molecule has 1 atom stereocenters. The number of benzene rings is 1. The van der Waals surface area contributed by atoms with Crippen molar-refractivity contribution in [3.05, 3.63) is 29.3 Å². The van der Waals surface area contributed by atoms with Gasteiger partial charge in [-0.15, -0.1) is 0 Å². The molecule has 0 aliphatic heterocycles. The molecular formula is C15H22N2O3. The van der Waals surface area contributed by atoms with E-state index in [1.54, 1.807) is 25.1 Å². The highest BCUT2D eigenvalue weighted by atomic mass is 16.5. The molecule has 0 saturated carbocycles. The standard InChI is InChI=1S/C15H22N2O3/c1-4-5-8-17-14(18)11(3)20-15(19)12-7-6-10(2)13(16)9-12/h6-7,9,11H,4-5,8,16H2,1-3H3,(H,17,18). The Morgan fingerprint density at radius 3 is 2.70 bits per heavy atom. The largest absolute Gasteiger partial charge is 0.449 e. The second-order valence-corrected chi connectivity index (χ2v) is 4.76. The summed E-state index contributed by atoms with van der Waals surface area (Å²) >= 11 is 0. The van der Waals surface area contributed by atoms with Gasteiger partial charge < -0.3 is 15.8 Å². The molecule has 110 valence electrons. The van der Waals surface area contributed by atoms with Gasteiger partial charge in [0.15, 0.2) is 6.10 Å². The molecule has 0 aromatic heterocycles. The predicted molar refractivity (Wildman–Crippen MR) is 78.4 cm³/mol. The fourth-order valence-corrected chi connectivity index (χ4v) is 1.58. The van der Waals surface area contributed by atoms with Gasteiger partial charge in [0.05, 0.1) is 5.56 Å². The van der Waals surface area contributed by atoms with Crippen molar-refractivity contribution in [2.24, 2.45) is 0 Å². The Morgan fingerprint density at radius 1 is 1.40 bits per heavy atom. The van der Waals surface area contributed by atoms with Gasteiger partial charge in [-0.1, -0.05) is 19.4 Å². The first-order chi connectivity index (χ1) is 9.45. The Balaban J connectivity index is 2.56. The highest BCUT2D eigenvalue weighted by Gasteiger charge is 2.18. The van der Waals surface area contributed by atoms with Crippen LogP contribution in [0.4, 0.5) is 5.69 Å². The van der Waals surface area contributed by atoms with Gasteiger partial charge in [0, 0.05) is 12.2 Å². The van der Waals surface area contributed by atoms with E-state index in [9.17, 15) is 9.59 Å². The van der Waals surface area contributed by atoms with Crippen LogP contribution in [0.2, 0.25) is 0 Å². The van der Waals surface area contributed by atoms with E-state index < -0.39 is 12.1 Å². The highest BCUT2D eigenvalue weighted by molar-refractivity contribution is 5.93. The fraction of sp³-hybridized carbons (Fsp3) is 0.467. The van der Waals surface area contributed by atoms with Crippen LogP contribution in [-0.4, -0.2) is 24.5 Å². The van der Waals surface area contributed by atoms with Crippen molar-refractivity contribution in [2.75, 3.05) is 12.3 Å². The van der Waals surface area contributed by atoms with Crippen LogP contribution in [-0.2, 0) is 9.53 Å². The number of nitrogens with two attached hydrogens (primary N) is 1. The zero-order valence-corrected chi connectivity index (χ0v) is 12.2. The zero-order valence-electron chi connectivity index (χ0n) is 12.2. The summed E-state index contributed by atoms with van der Waals surface area (Å²) in [7, 11) is 0. The third-order valence-corrected chi connectivity index (χ3v) is 3.00. The second kappa shape index (κ2) is 7.53. The van der Waals surface area contributed by atoms with Crippen LogP contribution in [0.5, 0.6) is 0 Å². The average Bonchev–Trinajstić information content (AvgIpc) is 2.41. The molecule has 1 aromatic rings. The molecule has 5 heteroatoms. The van der Waals surface area contributed by atoms with Crippen molar-refractivity contribution < 1.29 is 14.3 Å². The van der Waals surface area contributed by atoms with Crippen molar-refractivity contribution in [1.82, 2.24) is 5.32 Å². The maximum Gasteiger partial charge on any atom is 0.338 e. The van der Waals surface area contributed by atoms with Crippen LogP contribution >= 0.6 is 0 Å². The molecule has 20 heavy (non-hydrogen) atoms. The van der Waals surface area contributed by atoms with Crippen LogP contribution in [0.1, 0.15) is 42.6 Å². The number of hydrogen-bond donors (Lipinski definition) is 2. The summed E-state index contributed by atoms with van der Waals surface area (Å²) < 4.78 is 5.12. The van der Waals surface area contributed by atoms with E-state index in [2.05, 4.69) is 5.32 Å². The van der Waals surface area contributed by atoms with Crippen molar-refractivity contribution >= 4 is 17.6 Å². The van der Waals surface area contributed by atoms with Gasteiger partial charge in [0.25, 0.3) is 5.91 Å². The number of rotatable bonds is 6. The minimum absolute atomic E-state index is 0.285. The molecular weight excluding hydrogens is 256 g/mol. The van der Waals surface area contributed by atoms with Crippen LogP contribution in [0.15, 0.2) is 18.2 Å². The molecule has 0 radical (unpaired) electrons. The Hall–Kier alpha value is -2.04. The third-order valence-electron chi connectivity index (χ3n) is 3.00. The van der Waals surface area contributed by atoms with E-state index in [1.165, 1.54) is 0 Å². The number of unbranched alkanes of at least 4 members (excludes halogenated alkanes) is 1. The molecule has 1 rings (SSSR count). The monoisotopic (exact) mass is 278 g/mol. The molecule has 5 nitrogen and oxygen atoms in total. The summed E-state index contributed by atoms with van der Waals surface area (Å²) in [5.74, 6) is -0.832. The van der Waals surface area contributed by atoms with Crippen molar-refractivity contribution in [3.8, 4) is 0 Å². The summed E-state index contributed by atoms with van der Waals surface area (Å²) in [6, 6.07) is 4.94. The average molecular weight is 278 g/mol. The first-order valence-corrected chi connectivity index (χ1v) is 6.80. The van der Waals surface area contributed by atoms with Gasteiger partial charge in [-0.2, -0.15) is 0 Å². The lowest BCUT2D eigenvalue weighted by atomic mass is 10.1. The Kier molecular flexibility index (Phi) is 6.03. The maximum atomic E-state index is 11.9. The highest BCUT2D eigenvalue weighted by Crippen LogP contribution is 2.14. The predicted octanol–water partition coefficient (Wildman–Crippen LogP) is 2.04. The van der Waals surface area contributed by atoms with Gasteiger partial charge in [-0.25, -0.2) is 4.79 Å². The van der Waals surface area contributed by atoms with Crippen LogP contribution < -0.4 is 11.1 Å². The summed E-state index contributed by atoms with van der Waals surface area (Å²) in [6.07, 6.45) is 1.08. The Labute approximate surface area is 119 Å². The lowest BCUT2D eigenvalue weighted by Crippen LogP contribution is -2.36. The van der Waals surface area contributed by atoms with E-state index in [0.717, 1.165) is 18.4 Å². The molecule has 1 amide bonds. The van der Waals surface area contributed by atoms with Gasteiger partial charge in [0.2, 0.25) is 0 Å². The fourth-order valence-electron chi connectivity index (χ4n) is 1.58. The molecule has 0 fully saturated rings. The first kappa shape index (κ1) is 16.0. The van der Waals surface area contributed by atoms with E-state index in [4.69, 9.17) is 10.5 Å².